The van der Waals surface area contributed by atoms with Gasteiger partial charge in [0, 0.05) is 6.54 Å². The first kappa shape index (κ1) is 13.1. The Balaban J connectivity index is 2.06. The normalized spacial score (nSPS) is 19.3. The highest BCUT2D eigenvalue weighted by atomic mass is 16.5. The Labute approximate surface area is 107 Å². The molecule has 1 heterocycles. The molecule has 0 amide bonds. The minimum Gasteiger partial charge on any atom is -0.480 e. The predicted octanol–water partition coefficient (Wildman–Crippen LogP) is 1.75. The van der Waals surface area contributed by atoms with Crippen LogP contribution in [0.4, 0.5) is 0 Å². The van der Waals surface area contributed by atoms with E-state index in [2.05, 4.69) is 17.4 Å². The molecule has 0 saturated carbocycles. The van der Waals surface area contributed by atoms with E-state index in [-0.39, 0.29) is 6.10 Å². The van der Waals surface area contributed by atoms with Crippen LogP contribution < -0.4 is 5.32 Å². The van der Waals surface area contributed by atoms with E-state index >= 15 is 0 Å². The van der Waals surface area contributed by atoms with Gasteiger partial charge in [-0.15, -0.1) is 0 Å². The van der Waals surface area contributed by atoms with Crippen molar-refractivity contribution in [1.29, 1.82) is 0 Å². The third-order valence-corrected chi connectivity index (χ3v) is 3.36. The summed E-state index contributed by atoms with van der Waals surface area (Å²) in [7, 11) is 0. The Kier molecular flexibility index (Phi) is 3.68. The topological polar surface area (TPSA) is 58.6 Å². The van der Waals surface area contributed by atoms with Gasteiger partial charge in [0.1, 0.15) is 5.54 Å². The second-order valence-corrected chi connectivity index (χ2v) is 5.12. The van der Waals surface area contributed by atoms with Crippen LogP contribution in [-0.2, 0) is 16.0 Å². The maximum Gasteiger partial charge on any atom is 0.323 e. The highest BCUT2D eigenvalue weighted by Crippen LogP contribution is 2.26. The Morgan fingerprint density at radius 2 is 2.22 bits per heavy atom. The fourth-order valence-electron chi connectivity index (χ4n) is 2.07. The molecule has 1 aliphatic rings. The molecular formula is C14H19NO3. The van der Waals surface area contributed by atoms with Crippen molar-refractivity contribution in [2.75, 3.05) is 13.2 Å². The van der Waals surface area contributed by atoms with Crippen LogP contribution in [-0.4, -0.2) is 29.8 Å². The lowest BCUT2D eigenvalue weighted by atomic mass is 9.96. The summed E-state index contributed by atoms with van der Waals surface area (Å²) in [6, 6.07) is 8.17. The number of benzene rings is 1. The largest absolute Gasteiger partial charge is 0.480 e. The van der Waals surface area contributed by atoms with Crippen LogP contribution in [0.25, 0.3) is 0 Å². The molecule has 1 unspecified atom stereocenters. The number of carboxylic acids is 1. The fourth-order valence-corrected chi connectivity index (χ4v) is 2.07. The Bertz CT molecular complexity index is 442. The van der Waals surface area contributed by atoms with Crippen molar-refractivity contribution in [3.05, 3.63) is 35.4 Å². The first-order valence-electron chi connectivity index (χ1n) is 6.18. The van der Waals surface area contributed by atoms with Gasteiger partial charge < -0.3 is 9.84 Å². The second-order valence-electron chi connectivity index (χ2n) is 5.12. The summed E-state index contributed by atoms with van der Waals surface area (Å²) < 4.78 is 5.72. The number of hydrogen-bond donors (Lipinski definition) is 2. The highest BCUT2D eigenvalue weighted by Gasteiger charge is 2.29. The molecule has 0 aliphatic carbocycles. The van der Waals surface area contributed by atoms with Crippen molar-refractivity contribution >= 4 is 5.97 Å². The van der Waals surface area contributed by atoms with Crippen LogP contribution in [0.1, 0.15) is 31.1 Å². The summed E-state index contributed by atoms with van der Waals surface area (Å²) in [5.74, 6) is -0.855. The number of rotatable bonds is 4. The third kappa shape index (κ3) is 2.71. The average Bonchev–Trinajstić information content (AvgIpc) is 2.36. The molecule has 1 aromatic carbocycles. The van der Waals surface area contributed by atoms with Gasteiger partial charge in [-0.2, -0.15) is 0 Å². The van der Waals surface area contributed by atoms with Crippen molar-refractivity contribution in [3.63, 3.8) is 0 Å². The molecule has 4 nitrogen and oxygen atoms in total. The molecule has 1 atom stereocenters. The van der Waals surface area contributed by atoms with Gasteiger partial charge in [-0.25, -0.2) is 0 Å². The van der Waals surface area contributed by atoms with Gasteiger partial charge in [0.15, 0.2) is 0 Å². The SMILES string of the molecule is CC(C)(NCC1OCCc2ccccc21)C(=O)O. The standard InChI is InChI=1S/C14H19NO3/c1-14(2,13(16)17)15-9-12-11-6-4-3-5-10(11)7-8-18-12/h3-6,12,15H,7-9H2,1-2H3,(H,16,17). The molecule has 0 saturated heterocycles. The van der Waals surface area contributed by atoms with E-state index in [1.807, 2.05) is 12.1 Å². The molecule has 0 fully saturated rings. The van der Waals surface area contributed by atoms with Crippen LogP contribution in [0.15, 0.2) is 24.3 Å². The van der Waals surface area contributed by atoms with Crippen molar-refractivity contribution in [3.8, 4) is 0 Å². The number of carbonyl (C=O) groups is 1. The average molecular weight is 249 g/mol. The minimum atomic E-state index is -0.935. The molecule has 2 N–H and O–H groups in total. The predicted molar refractivity (Wildman–Crippen MR) is 68.6 cm³/mol. The van der Waals surface area contributed by atoms with E-state index in [1.54, 1.807) is 13.8 Å². The van der Waals surface area contributed by atoms with E-state index in [1.165, 1.54) is 5.56 Å². The molecule has 1 aliphatic heterocycles. The number of carboxylic acid groups (broad SMARTS) is 1. The molecule has 0 radical (unpaired) electrons. The van der Waals surface area contributed by atoms with Crippen molar-refractivity contribution in [2.45, 2.75) is 31.9 Å². The van der Waals surface area contributed by atoms with Crippen LogP contribution in [0.5, 0.6) is 0 Å². The summed E-state index contributed by atoms with van der Waals surface area (Å²) in [5, 5.41) is 12.1. The molecule has 4 heteroatoms. The third-order valence-electron chi connectivity index (χ3n) is 3.36. The quantitative estimate of drug-likeness (QED) is 0.853. The lowest BCUT2D eigenvalue weighted by Crippen LogP contribution is -2.48. The number of fused-ring (bicyclic) bond motifs is 1. The number of aliphatic carboxylic acids is 1. The zero-order valence-electron chi connectivity index (χ0n) is 10.8. The van der Waals surface area contributed by atoms with E-state index in [0.29, 0.717) is 13.2 Å². The zero-order chi connectivity index (χ0) is 13.2. The minimum absolute atomic E-state index is 0.0615. The molecule has 18 heavy (non-hydrogen) atoms. The van der Waals surface area contributed by atoms with Crippen LogP contribution in [0, 0.1) is 0 Å². The number of nitrogens with one attached hydrogen (secondary N) is 1. The molecule has 0 spiro atoms. The Morgan fingerprint density at radius 3 is 2.94 bits per heavy atom. The van der Waals surface area contributed by atoms with Crippen molar-refractivity contribution in [1.82, 2.24) is 5.32 Å². The van der Waals surface area contributed by atoms with E-state index in [9.17, 15) is 4.79 Å². The summed E-state index contributed by atoms with van der Waals surface area (Å²) in [6.45, 7) is 4.52. The monoisotopic (exact) mass is 249 g/mol. The van der Waals surface area contributed by atoms with E-state index < -0.39 is 11.5 Å². The smallest absolute Gasteiger partial charge is 0.323 e. The first-order chi connectivity index (χ1) is 8.50. The maximum absolute atomic E-state index is 11.0. The van der Waals surface area contributed by atoms with Gasteiger partial charge >= 0.3 is 5.97 Å². The van der Waals surface area contributed by atoms with E-state index in [4.69, 9.17) is 9.84 Å². The van der Waals surface area contributed by atoms with Crippen LogP contribution in [0.2, 0.25) is 0 Å². The van der Waals surface area contributed by atoms with Gasteiger partial charge in [0.25, 0.3) is 0 Å². The van der Waals surface area contributed by atoms with Gasteiger partial charge in [-0.3, -0.25) is 10.1 Å². The first-order valence-corrected chi connectivity index (χ1v) is 6.18. The fraction of sp³-hybridized carbons (Fsp3) is 0.500. The summed E-state index contributed by atoms with van der Waals surface area (Å²) in [5.41, 5.74) is 1.52. The molecular weight excluding hydrogens is 230 g/mol. The van der Waals surface area contributed by atoms with Crippen molar-refractivity contribution < 1.29 is 14.6 Å². The highest BCUT2D eigenvalue weighted by molar-refractivity contribution is 5.77. The van der Waals surface area contributed by atoms with Gasteiger partial charge in [-0.1, -0.05) is 24.3 Å². The lowest BCUT2D eigenvalue weighted by molar-refractivity contribution is -0.143. The molecule has 2 rings (SSSR count). The summed E-state index contributed by atoms with van der Waals surface area (Å²) in [6.07, 6.45) is 0.864. The summed E-state index contributed by atoms with van der Waals surface area (Å²) >= 11 is 0. The Morgan fingerprint density at radius 1 is 1.50 bits per heavy atom. The zero-order valence-corrected chi connectivity index (χ0v) is 10.8. The number of ether oxygens (including phenoxy) is 1. The van der Waals surface area contributed by atoms with Crippen molar-refractivity contribution in [2.24, 2.45) is 0 Å². The van der Waals surface area contributed by atoms with E-state index in [0.717, 1.165) is 12.0 Å². The van der Waals surface area contributed by atoms with Crippen LogP contribution in [0.3, 0.4) is 0 Å². The lowest BCUT2D eigenvalue weighted by Gasteiger charge is -2.29. The molecule has 0 aromatic heterocycles. The van der Waals surface area contributed by atoms with Gasteiger partial charge in [-0.05, 0) is 31.4 Å². The number of hydrogen-bond acceptors (Lipinski definition) is 3. The Hall–Kier alpha value is -1.39. The van der Waals surface area contributed by atoms with Gasteiger partial charge in [0.05, 0.1) is 12.7 Å². The van der Waals surface area contributed by atoms with Gasteiger partial charge in [0.2, 0.25) is 0 Å². The molecule has 1 aromatic rings. The van der Waals surface area contributed by atoms with Crippen LogP contribution >= 0.6 is 0 Å². The molecule has 0 bridgehead atoms. The molecule has 98 valence electrons. The maximum atomic E-state index is 11.0. The summed E-state index contributed by atoms with van der Waals surface area (Å²) in [4.78, 5) is 11.0. The second kappa shape index (κ2) is 5.08.